The minimum absolute atomic E-state index is 0.0988. The van der Waals surface area contributed by atoms with E-state index in [-0.39, 0.29) is 24.2 Å². The summed E-state index contributed by atoms with van der Waals surface area (Å²) in [4.78, 5) is 19.9. The fraction of sp³-hybridized carbons (Fsp3) is 0.474. The largest absolute Gasteiger partial charge is 0.464 e. The summed E-state index contributed by atoms with van der Waals surface area (Å²) in [5.41, 5.74) is -0.766. The summed E-state index contributed by atoms with van der Waals surface area (Å²) >= 11 is 0. The molecule has 0 bridgehead atoms. The second kappa shape index (κ2) is 7.62. The lowest BCUT2D eigenvalue weighted by molar-refractivity contribution is -0.137. The van der Waals surface area contributed by atoms with Crippen LogP contribution in [0.4, 0.5) is 19.0 Å². The molecule has 0 unspecified atom stereocenters. The van der Waals surface area contributed by atoms with Crippen LogP contribution < -0.4 is 4.90 Å². The van der Waals surface area contributed by atoms with Crippen molar-refractivity contribution in [2.75, 3.05) is 25.0 Å². The van der Waals surface area contributed by atoms with Crippen LogP contribution in [0, 0.1) is 12.8 Å². The zero-order valence-electron chi connectivity index (χ0n) is 15.3. The molecule has 1 aliphatic rings. The van der Waals surface area contributed by atoms with Gasteiger partial charge in [-0.15, -0.1) is 0 Å². The maximum absolute atomic E-state index is 13.3. The monoisotopic (exact) mass is 381 g/mol. The number of anilines is 1. The van der Waals surface area contributed by atoms with Crippen molar-refractivity contribution in [2.24, 2.45) is 5.92 Å². The van der Waals surface area contributed by atoms with E-state index in [2.05, 4.69) is 4.98 Å². The zero-order chi connectivity index (χ0) is 19.6. The molecule has 0 aromatic carbocycles. The van der Waals surface area contributed by atoms with E-state index < -0.39 is 11.7 Å². The average molecular weight is 381 g/mol. The molecule has 27 heavy (non-hydrogen) atoms. The fourth-order valence-corrected chi connectivity index (χ4v) is 3.43. The summed E-state index contributed by atoms with van der Waals surface area (Å²) in [6.07, 6.45) is -1.85. The van der Waals surface area contributed by atoms with Crippen molar-refractivity contribution in [3.05, 3.63) is 47.5 Å². The van der Waals surface area contributed by atoms with Gasteiger partial charge in [-0.1, -0.05) is 0 Å². The van der Waals surface area contributed by atoms with E-state index in [1.807, 2.05) is 19.1 Å². The SMILES string of the molecule is Cc1ccc(CN(C)C(=O)[C@@H]2CCCN(c3ncccc3C(F)(F)F)C2)o1. The number of carbonyl (C=O) groups excluding carboxylic acids is 1. The topological polar surface area (TPSA) is 49.6 Å². The van der Waals surface area contributed by atoms with Crippen LogP contribution in [0.25, 0.3) is 0 Å². The van der Waals surface area contributed by atoms with Crippen molar-refractivity contribution >= 4 is 11.7 Å². The van der Waals surface area contributed by atoms with E-state index in [0.29, 0.717) is 31.7 Å². The third kappa shape index (κ3) is 4.43. The summed E-state index contributed by atoms with van der Waals surface area (Å²) in [7, 11) is 1.68. The van der Waals surface area contributed by atoms with Gasteiger partial charge in [-0.2, -0.15) is 13.2 Å². The van der Waals surface area contributed by atoms with E-state index in [4.69, 9.17) is 4.42 Å². The van der Waals surface area contributed by atoms with E-state index in [0.717, 1.165) is 11.8 Å². The number of piperidine rings is 1. The van der Waals surface area contributed by atoms with Crippen molar-refractivity contribution in [1.29, 1.82) is 0 Å². The number of hydrogen-bond acceptors (Lipinski definition) is 4. The molecule has 1 aliphatic heterocycles. The van der Waals surface area contributed by atoms with Crippen LogP contribution in [0.1, 0.15) is 29.9 Å². The highest BCUT2D eigenvalue weighted by molar-refractivity contribution is 5.79. The third-order valence-corrected chi connectivity index (χ3v) is 4.73. The van der Waals surface area contributed by atoms with Crippen LogP contribution >= 0.6 is 0 Å². The second-order valence-corrected chi connectivity index (χ2v) is 6.86. The van der Waals surface area contributed by atoms with Crippen molar-refractivity contribution in [1.82, 2.24) is 9.88 Å². The molecule has 0 saturated carbocycles. The second-order valence-electron chi connectivity index (χ2n) is 6.86. The average Bonchev–Trinajstić information content (AvgIpc) is 3.05. The molecular formula is C19H22F3N3O2. The van der Waals surface area contributed by atoms with Crippen molar-refractivity contribution < 1.29 is 22.4 Å². The van der Waals surface area contributed by atoms with Gasteiger partial charge in [0.25, 0.3) is 0 Å². The Kier molecular flexibility index (Phi) is 5.43. The summed E-state index contributed by atoms with van der Waals surface area (Å²) < 4.78 is 45.3. The van der Waals surface area contributed by atoms with E-state index in [1.54, 1.807) is 16.8 Å². The van der Waals surface area contributed by atoms with Crippen LogP contribution in [-0.2, 0) is 17.5 Å². The van der Waals surface area contributed by atoms with Gasteiger partial charge in [0.1, 0.15) is 17.3 Å². The molecule has 0 N–H and O–H groups in total. The molecule has 8 heteroatoms. The number of aromatic nitrogens is 1. The number of carbonyl (C=O) groups is 1. The van der Waals surface area contributed by atoms with E-state index in [9.17, 15) is 18.0 Å². The number of furan rings is 1. The zero-order valence-corrected chi connectivity index (χ0v) is 15.3. The van der Waals surface area contributed by atoms with Crippen LogP contribution in [0.5, 0.6) is 0 Å². The Morgan fingerprint density at radius 1 is 1.37 bits per heavy atom. The number of alkyl halides is 3. The highest BCUT2D eigenvalue weighted by Crippen LogP contribution is 2.36. The normalized spacial score (nSPS) is 17.8. The highest BCUT2D eigenvalue weighted by Gasteiger charge is 2.37. The molecule has 146 valence electrons. The number of aryl methyl sites for hydroxylation is 1. The van der Waals surface area contributed by atoms with E-state index >= 15 is 0 Å². The number of amides is 1. The quantitative estimate of drug-likeness (QED) is 0.807. The first kappa shape index (κ1) is 19.3. The number of pyridine rings is 1. The van der Waals surface area contributed by atoms with Crippen LogP contribution in [0.15, 0.2) is 34.9 Å². The maximum Gasteiger partial charge on any atom is 0.419 e. The molecule has 0 spiro atoms. The molecule has 1 atom stereocenters. The van der Waals surface area contributed by atoms with Gasteiger partial charge < -0.3 is 14.2 Å². The predicted octanol–water partition coefficient (Wildman–Crippen LogP) is 3.88. The Morgan fingerprint density at radius 3 is 2.81 bits per heavy atom. The Labute approximate surface area is 155 Å². The van der Waals surface area contributed by atoms with Gasteiger partial charge in [0.15, 0.2) is 0 Å². The summed E-state index contributed by atoms with van der Waals surface area (Å²) in [6.45, 7) is 2.83. The van der Waals surface area contributed by atoms with Gasteiger partial charge in [-0.3, -0.25) is 4.79 Å². The van der Waals surface area contributed by atoms with Gasteiger partial charge in [-0.05, 0) is 44.0 Å². The molecule has 0 radical (unpaired) electrons. The molecule has 5 nitrogen and oxygen atoms in total. The molecule has 2 aromatic rings. The van der Waals surface area contributed by atoms with Crippen molar-refractivity contribution in [3.8, 4) is 0 Å². The molecule has 3 heterocycles. The maximum atomic E-state index is 13.3. The Balaban J connectivity index is 1.72. The molecule has 1 fully saturated rings. The van der Waals surface area contributed by atoms with Crippen molar-refractivity contribution in [2.45, 2.75) is 32.5 Å². The molecule has 3 rings (SSSR count). The Bertz CT molecular complexity index is 803. The molecule has 2 aromatic heterocycles. The van der Waals surface area contributed by atoms with Gasteiger partial charge in [0, 0.05) is 26.3 Å². The highest BCUT2D eigenvalue weighted by atomic mass is 19.4. The first-order chi connectivity index (χ1) is 12.8. The minimum Gasteiger partial charge on any atom is -0.464 e. The van der Waals surface area contributed by atoms with Crippen molar-refractivity contribution in [3.63, 3.8) is 0 Å². The Morgan fingerprint density at radius 2 is 2.15 bits per heavy atom. The molecule has 0 aliphatic carbocycles. The van der Waals surface area contributed by atoms with E-state index in [1.165, 1.54) is 12.3 Å². The lowest BCUT2D eigenvalue weighted by Gasteiger charge is -2.35. The number of nitrogens with zero attached hydrogens (tertiary/aromatic N) is 3. The number of rotatable bonds is 4. The van der Waals surface area contributed by atoms with Crippen LogP contribution in [-0.4, -0.2) is 35.9 Å². The van der Waals surface area contributed by atoms with Crippen LogP contribution in [0.2, 0.25) is 0 Å². The minimum atomic E-state index is -4.48. The summed E-state index contributed by atoms with van der Waals surface area (Å²) in [5, 5.41) is 0. The first-order valence-electron chi connectivity index (χ1n) is 8.83. The fourth-order valence-electron chi connectivity index (χ4n) is 3.43. The summed E-state index contributed by atoms with van der Waals surface area (Å²) in [5.74, 6) is 0.873. The number of halogens is 3. The molecule has 1 saturated heterocycles. The molecular weight excluding hydrogens is 359 g/mol. The van der Waals surface area contributed by atoms with Gasteiger partial charge in [-0.25, -0.2) is 4.98 Å². The lowest BCUT2D eigenvalue weighted by Crippen LogP contribution is -2.44. The number of hydrogen-bond donors (Lipinski definition) is 0. The van der Waals surface area contributed by atoms with Gasteiger partial charge >= 0.3 is 6.18 Å². The summed E-state index contributed by atoms with van der Waals surface area (Å²) in [6, 6.07) is 5.95. The van der Waals surface area contributed by atoms with Gasteiger partial charge in [0.2, 0.25) is 5.91 Å². The standard InChI is InChI=1S/C19H22F3N3O2/c1-13-7-8-15(27-13)12-24(2)18(26)14-5-4-10-25(11-14)17-16(19(20,21)22)6-3-9-23-17/h3,6-9,14H,4-5,10-12H2,1-2H3/t14-/m1/s1. The third-order valence-electron chi connectivity index (χ3n) is 4.73. The predicted molar refractivity (Wildman–Crippen MR) is 94.1 cm³/mol. The molecule has 1 amide bonds. The Hall–Kier alpha value is -2.51. The first-order valence-corrected chi connectivity index (χ1v) is 8.83. The smallest absolute Gasteiger partial charge is 0.419 e. The van der Waals surface area contributed by atoms with Crippen LogP contribution in [0.3, 0.4) is 0 Å². The van der Waals surface area contributed by atoms with Gasteiger partial charge in [0.05, 0.1) is 18.0 Å². The lowest BCUT2D eigenvalue weighted by atomic mass is 9.96.